The van der Waals surface area contributed by atoms with E-state index < -0.39 is 6.04 Å². The monoisotopic (exact) mass is 415 g/mol. The number of rotatable bonds is 3. The van der Waals surface area contributed by atoms with Gasteiger partial charge in [-0.2, -0.15) is 0 Å². The Labute approximate surface area is 175 Å². The van der Waals surface area contributed by atoms with Gasteiger partial charge in [-0.05, 0) is 18.9 Å². The molecule has 2 saturated heterocycles. The van der Waals surface area contributed by atoms with Gasteiger partial charge in [0.25, 0.3) is 5.56 Å². The molecule has 162 valence electrons. The van der Waals surface area contributed by atoms with Crippen molar-refractivity contribution in [3.63, 3.8) is 0 Å². The van der Waals surface area contributed by atoms with Crippen LogP contribution in [0.25, 0.3) is 0 Å². The average molecular weight is 415 g/mol. The minimum absolute atomic E-state index is 0.00908. The zero-order valence-electron chi connectivity index (χ0n) is 17.1. The molecule has 0 unspecified atom stereocenters. The van der Waals surface area contributed by atoms with Gasteiger partial charge in [0.1, 0.15) is 6.04 Å². The van der Waals surface area contributed by atoms with Gasteiger partial charge in [0.2, 0.25) is 11.8 Å². The molecule has 0 spiro atoms. The third kappa shape index (κ3) is 3.00. The summed E-state index contributed by atoms with van der Waals surface area (Å²) < 4.78 is 7.10. The van der Waals surface area contributed by atoms with Crippen LogP contribution in [0, 0.1) is 17.8 Å². The minimum Gasteiger partial charge on any atom is -0.396 e. The zero-order valence-corrected chi connectivity index (χ0v) is 17.1. The van der Waals surface area contributed by atoms with E-state index in [4.69, 9.17) is 4.74 Å². The number of aliphatic hydroxyl groups is 1. The van der Waals surface area contributed by atoms with Gasteiger partial charge in [0.15, 0.2) is 0 Å². The number of aromatic nitrogens is 1. The highest BCUT2D eigenvalue weighted by atomic mass is 16.5. The number of likely N-dealkylation sites (tertiary alicyclic amines) is 1. The van der Waals surface area contributed by atoms with E-state index >= 15 is 0 Å². The molecule has 8 nitrogen and oxygen atoms in total. The highest BCUT2D eigenvalue weighted by Gasteiger charge is 2.58. The molecule has 0 aromatic carbocycles. The van der Waals surface area contributed by atoms with E-state index in [0.29, 0.717) is 32.8 Å². The summed E-state index contributed by atoms with van der Waals surface area (Å²) in [5.41, 5.74) is 0.692. The third-order valence-corrected chi connectivity index (χ3v) is 7.49. The lowest BCUT2D eigenvalue weighted by molar-refractivity contribution is -0.151. The Balaban J connectivity index is 1.57. The number of fused-ring (bicyclic) bond motifs is 3. The van der Waals surface area contributed by atoms with Crippen LogP contribution in [-0.2, 0) is 20.9 Å². The first-order valence-corrected chi connectivity index (χ1v) is 11.1. The van der Waals surface area contributed by atoms with Crippen molar-refractivity contribution in [1.29, 1.82) is 0 Å². The second-order valence-corrected chi connectivity index (χ2v) is 8.96. The molecule has 4 aliphatic rings. The van der Waals surface area contributed by atoms with Crippen LogP contribution in [0.5, 0.6) is 0 Å². The maximum absolute atomic E-state index is 13.7. The summed E-state index contributed by atoms with van der Waals surface area (Å²) in [5, 5.41) is 10.3. The SMILES string of the molecule is O=C([C@@H]1[C@@H](CO)[C@@H]2Cn3c(cccc3=O)[C@@H]2N1C(=O)C1CCCC1)N1CCOCC1. The second-order valence-electron chi connectivity index (χ2n) is 8.96. The Morgan fingerprint density at radius 1 is 1.10 bits per heavy atom. The van der Waals surface area contributed by atoms with Crippen molar-refractivity contribution in [2.75, 3.05) is 32.9 Å². The molecule has 8 heteroatoms. The minimum atomic E-state index is -0.680. The molecule has 30 heavy (non-hydrogen) atoms. The van der Waals surface area contributed by atoms with Crippen molar-refractivity contribution in [1.82, 2.24) is 14.4 Å². The van der Waals surface area contributed by atoms with E-state index in [9.17, 15) is 19.5 Å². The van der Waals surface area contributed by atoms with Gasteiger partial charge < -0.3 is 24.2 Å². The molecule has 0 radical (unpaired) electrons. The molecule has 1 aliphatic carbocycles. The van der Waals surface area contributed by atoms with E-state index in [1.165, 1.54) is 6.07 Å². The summed E-state index contributed by atoms with van der Waals surface area (Å²) >= 11 is 0. The molecule has 1 aromatic heterocycles. The summed E-state index contributed by atoms with van der Waals surface area (Å²) in [6.07, 6.45) is 3.74. The number of carbonyl (C=O) groups excluding carboxylic acids is 2. The van der Waals surface area contributed by atoms with Gasteiger partial charge in [0.05, 0.1) is 19.3 Å². The molecule has 0 bridgehead atoms. The van der Waals surface area contributed by atoms with Crippen molar-refractivity contribution < 1.29 is 19.4 Å². The first kappa shape index (κ1) is 19.8. The van der Waals surface area contributed by atoms with Gasteiger partial charge in [-0.15, -0.1) is 0 Å². The summed E-state index contributed by atoms with van der Waals surface area (Å²) in [6.45, 7) is 2.24. The molecule has 1 N–H and O–H groups in total. The molecule has 1 saturated carbocycles. The molecule has 4 heterocycles. The van der Waals surface area contributed by atoms with E-state index in [2.05, 4.69) is 0 Å². The number of pyridine rings is 1. The topological polar surface area (TPSA) is 92.1 Å². The smallest absolute Gasteiger partial charge is 0.250 e. The second kappa shape index (κ2) is 7.81. The van der Waals surface area contributed by atoms with Crippen LogP contribution in [0.2, 0.25) is 0 Å². The molecule has 2 amide bonds. The molecular formula is C22H29N3O5. The standard InChI is InChI=1S/C22H29N3O5/c26-13-16-15-12-24-17(6-3-7-18(24)27)19(15)25(21(28)14-4-1-2-5-14)20(16)22(29)23-8-10-30-11-9-23/h3,6-7,14-16,19-20,26H,1-2,4-5,8-13H2/t15-,16-,19+,20-/m0/s1. The van der Waals surface area contributed by atoms with Crippen molar-refractivity contribution >= 4 is 11.8 Å². The molecule has 3 aliphatic heterocycles. The van der Waals surface area contributed by atoms with E-state index in [1.54, 1.807) is 20.4 Å². The Kier molecular flexibility index (Phi) is 5.14. The van der Waals surface area contributed by atoms with Crippen LogP contribution >= 0.6 is 0 Å². The summed E-state index contributed by atoms with van der Waals surface area (Å²) in [6, 6.07) is 4.12. The Morgan fingerprint density at radius 2 is 1.83 bits per heavy atom. The lowest BCUT2D eigenvalue weighted by Crippen LogP contribution is -2.54. The molecule has 5 rings (SSSR count). The number of amides is 2. The van der Waals surface area contributed by atoms with E-state index in [1.807, 2.05) is 6.07 Å². The van der Waals surface area contributed by atoms with E-state index in [-0.39, 0.29) is 47.8 Å². The first-order chi connectivity index (χ1) is 14.6. The Hall–Kier alpha value is -2.19. The predicted molar refractivity (Wildman–Crippen MR) is 107 cm³/mol. The Bertz CT molecular complexity index is 887. The zero-order chi connectivity index (χ0) is 20.8. The number of morpholine rings is 1. The van der Waals surface area contributed by atoms with Crippen LogP contribution in [0.15, 0.2) is 23.0 Å². The lowest BCUT2D eigenvalue weighted by atomic mass is 9.88. The number of hydrogen-bond donors (Lipinski definition) is 1. The summed E-state index contributed by atoms with van der Waals surface area (Å²) in [7, 11) is 0. The number of aliphatic hydroxyl groups excluding tert-OH is 1. The van der Waals surface area contributed by atoms with Crippen molar-refractivity contribution in [3.05, 3.63) is 34.2 Å². The molecule has 4 atom stereocenters. The quantitative estimate of drug-likeness (QED) is 0.771. The first-order valence-electron chi connectivity index (χ1n) is 11.1. The van der Waals surface area contributed by atoms with Crippen molar-refractivity contribution in [2.45, 2.75) is 44.3 Å². The summed E-state index contributed by atoms with van der Waals surface area (Å²) in [4.78, 5) is 43.3. The predicted octanol–water partition coefficient (Wildman–Crippen LogP) is 0.388. The van der Waals surface area contributed by atoms with Gasteiger partial charge >= 0.3 is 0 Å². The van der Waals surface area contributed by atoms with Gasteiger partial charge in [-0.1, -0.05) is 18.9 Å². The van der Waals surface area contributed by atoms with Crippen molar-refractivity contribution in [2.24, 2.45) is 17.8 Å². The van der Waals surface area contributed by atoms with Gasteiger partial charge in [-0.25, -0.2) is 0 Å². The fourth-order valence-corrected chi connectivity index (χ4v) is 6.02. The van der Waals surface area contributed by atoms with Gasteiger partial charge in [-0.3, -0.25) is 14.4 Å². The Morgan fingerprint density at radius 3 is 2.53 bits per heavy atom. The fourth-order valence-electron chi connectivity index (χ4n) is 6.02. The third-order valence-electron chi connectivity index (χ3n) is 7.49. The van der Waals surface area contributed by atoms with Crippen LogP contribution in [0.1, 0.15) is 37.4 Å². The average Bonchev–Trinajstić information content (AvgIpc) is 3.49. The fraction of sp³-hybridized carbons (Fsp3) is 0.682. The maximum Gasteiger partial charge on any atom is 0.250 e. The highest BCUT2D eigenvalue weighted by molar-refractivity contribution is 5.90. The van der Waals surface area contributed by atoms with E-state index in [0.717, 1.165) is 31.4 Å². The number of ether oxygens (including phenoxy) is 1. The highest BCUT2D eigenvalue weighted by Crippen LogP contribution is 2.50. The maximum atomic E-state index is 13.7. The van der Waals surface area contributed by atoms with Crippen molar-refractivity contribution in [3.8, 4) is 0 Å². The van der Waals surface area contributed by atoms with Crippen LogP contribution in [-0.4, -0.2) is 70.2 Å². The van der Waals surface area contributed by atoms with Crippen LogP contribution < -0.4 is 5.56 Å². The largest absolute Gasteiger partial charge is 0.396 e. The van der Waals surface area contributed by atoms with Crippen LogP contribution in [0.4, 0.5) is 0 Å². The molecule has 1 aromatic rings. The molecular weight excluding hydrogens is 386 g/mol. The molecule has 3 fully saturated rings. The summed E-state index contributed by atoms with van der Waals surface area (Å²) in [5.74, 6) is -0.675. The van der Waals surface area contributed by atoms with Crippen LogP contribution in [0.3, 0.4) is 0 Å². The number of nitrogens with zero attached hydrogens (tertiary/aromatic N) is 3. The normalized spacial score (nSPS) is 31.1. The van der Waals surface area contributed by atoms with Gasteiger partial charge in [0, 0.05) is 55.8 Å². The number of hydrogen-bond acceptors (Lipinski definition) is 5. The lowest BCUT2D eigenvalue weighted by Gasteiger charge is -2.37. The number of carbonyl (C=O) groups is 2.